The molecule has 8 heteroatoms. The lowest BCUT2D eigenvalue weighted by molar-refractivity contribution is -0.887. The summed E-state index contributed by atoms with van der Waals surface area (Å²) in [6, 6.07) is -0.612. The fourth-order valence-electron chi connectivity index (χ4n) is 6.42. The molecule has 0 spiro atoms. The fourth-order valence-corrected chi connectivity index (χ4v) is 6.42. The Kier molecular flexibility index (Phi) is 35.2. The number of ether oxygens (including phenoxy) is 3. The van der Waals surface area contributed by atoms with E-state index in [-0.39, 0.29) is 36.2 Å². The van der Waals surface area contributed by atoms with E-state index in [1.54, 1.807) is 0 Å². The van der Waals surface area contributed by atoms with Crippen LogP contribution in [0.5, 0.6) is 0 Å². The summed E-state index contributed by atoms with van der Waals surface area (Å²) in [6.45, 7) is 4.69. The minimum absolute atomic E-state index is 0.0516. The van der Waals surface area contributed by atoms with Crippen LogP contribution in [0.4, 0.5) is 0 Å². The summed E-state index contributed by atoms with van der Waals surface area (Å²) in [5, 5.41) is 9.59. The number of likely N-dealkylation sites (N-methyl/N-ethyl adjacent to an activating group) is 1. The summed E-state index contributed by atoms with van der Waals surface area (Å²) in [5.41, 5.74) is 0. The monoisotopic (exact) mass is 751 g/mol. The van der Waals surface area contributed by atoms with Gasteiger partial charge < -0.3 is 23.8 Å². The summed E-state index contributed by atoms with van der Waals surface area (Å²) in [6.07, 6.45) is 39.5. The van der Waals surface area contributed by atoms with Crippen LogP contribution >= 0.6 is 0 Å². The molecule has 0 radical (unpaired) electrons. The highest BCUT2D eigenvalue weighted by Gasteiger charge is 2.31. The minimum atomic E-state index is -0.876. The first-order chi connectivity index (χ1) is 25.6. The highest BCUT2D eigenvalue weighted by molar-refractivity contribution is 5.72. The smallest absolute Gasteiger partial charge is 0.362 e. The molecular formula is C45H84NO7+. The third-order valence-corrected chi connectivity index (χ3v) is 9.85. The number of esters is 2. The summed E-state index contributed by atoms with van der Waals surface area (Å²) in [4.78, 5) is 36.7. The molecule has 0 aromatic carbocycles. The van der Waals surface area contributed by atoms with Crippen molar-refractivity contribution < 1.29 is 38.2 Å². The fraction of sp³-hybridized carbons (Fsp3) is 0.844. The lowest BCUT2D eigenvalue weighted by Crippen LogP contribution is -2.50. The third kappa shape index (κ3) is 35.3. The van der Waals surface area contributed by atoms with Gasteiger partial charge in [0, 0.05) is 19.3 Å². The van der Waals surface area contributed by atoms with Crippen molar-refractivity contribution in [3.05, 3.63) is 24.3 Å². The second-order valence-corrected chi connectivity index (χ2v) is 16.0. The molecule has 0 saturated carbocycles. The van der Waals surface area contributed by atoms with Gasteiger partial charge in [0.2, 0.25) is 0 Å². The van der Waals surface area contributed by atoms with Gasteiger partial charge in [-0.15, -0.1) is 0 Å². The number of unbranched alkanes of at least 4 members (excludes halogenated alkanes) is 21. The molecule has 2 atom stereocenters. The van der Waals surface area contributed by atoms with Crippen LogP contribution in [-0.4, -0.2) is 80.6 Å². The highest BCUT2D eigenvalue weighted by Crippen LogP contribution is 2.14. The molecule has 53 heavy (non-hydrogen) atoms. The number of rotatable bonds is 39. The zero-order chi connectivity index (χ0) is 39.3. The van der Waals surface area contributed by atoms with Crippen LogP contribution in [0, 0.1) is 0 Å². The molecule has 0 aromatic rings. The summed E-state index contributed by atoms with van der Waals surface area (Å²) < 4.78 is 17.2. The quantitative estimate of drug-likeness (QED) is 0.0289. The number of quaternary nitrogens is 1. The Morgan fingerprint density at radius 3 is 1.45 bits per heavy atom. The number of carbonyl (C=O) groups excluding carboxylic acids is 2. The average molecular weight is 751 g/mol. The van der Waals surface area contributed by atoms with E-state index in [2.05, 4.69) is 38.2 Å². The highest BCUT2D eigenvalue weighted by atomic mass is 16.6. The Hall–Kier alpha value is -2.19. The van der Waals surface area contributed by atoms with E-state index >= 15 is 0 Å². The van der Waals surface area contributed by atoms with E-state index in [9.17, 15) is 19.5 Å². The van der Waals surface area contributed by atoms with E-state index in [1.165, 1.54) is 109 Å². The maximum atomic E-state index is 12.7. The van der Waals surface area contributed by atoms with Crippen molar-refractivity contribution in [2.45, 2.75) is 206 Å². The summed E-state index contributed by atoms with van der Waals surface area (Å²) in [7, 11) is 5.52. The van der Waals surface area contributed by atoms with Crippen molar-refractivity contribution in [1.82, 2.24) is 0 Å². The molecule has 0 heterocycles. The topological polar surface area (TPSA) is 99.1 Å². The number of carboxylic acid groups (broad SMARTS) is 1. The van der Waals surface area contributed by atoms with Crippen molar-refractivity contribution in [2.24, 2.45) is 0 Å². The predicted molar refractivity (Wildman–Crippen MR) is 220 cm³/mol. The third-order valence-electron chi connectivity index (χ3n) is 9.85. The van der Waals surface area contributed by atoms with Gasteiger partial charge in [0.25, 0.3) is 0 Å². The van der Waals surface area contributed by atoms with Gasteiger partial charge in [-0.1, -0.05) is 154 Å². The first-order valence-electron chi connectivity index (χ1n) is 21.9. The molecule has 310 valence electrons. The largest absolute Gasteiger partial charge is 0.477 e. The number of aliphatic carboxylic acids is 1. The zero-order valence-electron chi connectivity index (χ0n) is 35.2. The molecule has 0 aromatic heterocycles. The number of carbonyl (C=O) groups is 3. The van der Waals surface area contributed by atoms with Crippen molar-refractivity contribution in [3.63, 3.8) is 0 Å². The first kappa shape index (κ1) is 50.8. The molecule has 0 aliphatic rings. The molecule has 8 nitrogen and oxygen atoms in total. The normalized spacial score (nSPS) is 13.2. The van der Waals surface area contributed by atoms with Gasteiger partial charge in [0.15, 0.2) is 12.1 Å². The SMILES string of the molecule is CCCCCCCCCC/C=C/C/C=C/CCCCCCCCCC(=O)OC(COCCC(C(=O)O)[N+](C)(C)C)COC(=O)CCCCCCCCC. The zero-order valence-corrected chi connectivity index (χ0v) is 35.2. The molecule has 0 fully saturated rings. The van der Waals surface area contributed by atoms with Crippen LogP contribution in [0.1, 0.15) is 194 Å². The van der Waals surface area contributed by atoms with Gasteiger partial charge in [0.1, 0.15) is 6.61 Å². The van der Waals surface area contributed by atoms with E-state index < -0.39 is 18.1 Å². The molecule has 2 unspecified atom stereocenters. The number of nitrogens with zero attached hydrogens (tertiary/aromatic N) is 1. The van der Waals surface area contributed by atoms with E-state index in [0.717, 1.165) is 51.4 Å². The van der Waals surface area contributed by atoms with Crippen LogP contribution in [-0.2, 0) is 28.6 Å². The standard InChI is InChI=1S/C45H83NO7/c1-6-8-10-12-14-15-16-17-18-19-20-21-22-23-24-25-26-27-28-30-32-34-36-44(48)53-41(39-51-38-37-42(45(49)50)46(3,4)5)40-52-43(47)35-33-31-29-13-11-9-7-2/h19-20,22-23,41-42H,6-18,21,24-40H2,1-5H3/p+1/b20-19+,23-22+. The van der Waals surface area contributed by atoms with Crippen molar-refractivity contribution >= 4 is 17.9 Å². The number of allylic oxidation sites excluding steroid dienone is 4. The van der Waals surface area contributed by atoms with Crippen LogP contribution in [0.25, 0.3) is 0 Å². The first-order valence-corrected chi connectivity index (χ1v) is 21.9. The lowest BCUT2D eigenvalue weighted by atomic mass is 10.1. The van der Waals surface area contributed by atoms with Crippen molar-refractivity contribution in [1.29, 1.82) is 0 Å². The summed E-state index contributed by atoms with van der Waals surface area (Å²) in [5.74, 6) is -1.48. The maximum Gasteiger partial charge on any atom is 0.362 e. The van der Waals surface area contributed by atoms with Gasteiger partial charge >= 0.3 is 17.9 Å². The maximum absolute atomic E-state index is 12.7. The van der Waals surface area contributed by atoms with Crippen LogP contribution in [0.15, 0.2) is 24.3 Å². The lowest BCUT2D eigenvalue weighted by Gasteiger charge is -2.31. The molecule has 0 amide bonds. The summed E-state index contributed by atoms with van der Waals surface area (Å²) >= 11 is 0. The Morgan fingerprint density at radius 2 is 1.00 bits per heavy atom. The number of hydrogen-bond donors (Lipinski definition) is 1. The van der Waals surface area contributed by atoms with Gasteiger partial charge in [0.05, 0.1) is 34.4 Å². The van der Waals surface area contributed by atoms with Gasteiger partial charge in [-0.3, -0.25) is 9.59 Å². The number of carboxylic acids is 1. The Morgan fingerprint density at radius 1 is 0.566 bits per heavy atom. The van der Waals surface area contributed by atoms with Crippen LogP contribution in [0.2, 0.25) is 0 Å². The molecule has 1 N–H and O–H groups in total. The Labute approximate surface area is 326 Å². The van der Waals surface area contributed by atoms with Gasteiger partial charge in [-0.05, 0) is 44.9 Å². The molecule has 0 bridgehead atoms. The second kappa shape index (κ2) is 36.8. The van der Waals surface area contributed by atoms with Gasteiger partial charge in [-0.25, -0.2) is 4.79 Å². The van der Waals surface area contributed by atoms with Crippen LogP contribution in [0.3, 0.4) is 0 Å². The predicted octanol–water partition coefficient (Wildman–Crippen LogP) is 11.7. The average Bonchev–Trinajstić information content (AvgIpc) is 3.11. The van der Waals surface area contributed by atoms with Crippen molar-refractivity contribution in [3.8, 4) is 0 Å². The molecule has 0 aliphatic heterocycles. The minimum Gasteiger partial charge on any atom is -0.477 e. The Balaban J connectivity index is 4.20. The van der Waals surface area contributed by atoms with Crippen molar-refractivity contribution in [2.75, 3.05) is 41.0 Å². The van der Waals surface area contributed by atoms with E-state index in [0.29, 0.717) is 19.3 Å². The molecule has 0 saturated heterocycles. The van der Waals surface area contributed by atoms with Gasteiger partial charge in [-0.2, -0.15) is 0 Å². The second-order valence-electron chi connectivity index (χ2n) is 16.0. The van der Waals surface area contributed by atoms with E-state index in [1.807, 2.05) is 21.1 Å². The molecular weight excluding hydrogens is 666 g/mol. The number of hydrogen-bond acceptors (Lipinski definition) is 6. The molecule has 0 rings (SSSR count). The van der Waals surface area contributed by atoms with E-state index in [4.69, 9.17) is 14.2 Å². The Bertz CT molecular complexity index is 926. The molecule has 0 aliphatic carbocycles. The van der Waals surface area contributed by atoms with Crippen LogP contribution < -0.4 is 0 Å².